The first-order chi connectivity index (χ1) is 6.68. The van der Waals surface area contributed by atoms with Gasteiger partial charge in [-0.3, -0.25) is 0 Å². The van der Waals surface area contributed by atoms with Gasteiger partial charge in [0, 0.05) is 17.5 Å². The average molecular weight is 219 g/mol. The van der Waals surface area contributed by atoms with Gasteiger partial charge in [-0.05, 0) is 12.8 Å². The Kier molecular flexibility index (Phi) is 2.62. The summed E-state index contributed by atoms with van der Waals surface area (Å²) in [6.45, 7) is -0.327. The normalized spacial score (nSPS) is 17.9. The van der Waals surface area contributed by atoms with Crippen LogP contribution in [0.4, 0.5) is 13.9 Å². The van der Waals surface area contributed by atoms with E-state index in [-0.39, 0.29) is 6.54 Å². The van der Waals surface area contributed by atoms with Crippen molar-refractivity contribution >= 4 is 16.7 Å². The molecule has 0 aliphatic heterocycles. The molecule has 1 aliphatic carbocycles. The van der Waals surface area contributed by atoms with Crippen LogP contribution in [0.2, 0.25) is 0 Å². The molecule has 0 aromatic carbocycles. The number of nitrogens with one attached hydrogen (secondary N) is 1. The highest BCUT2D eigenvalue weighted by atomic mass is 32.1. The molecule has 1 aromatic rings. The van der Waals surface area contributed by atoms with E-state index in [1.165, 1.54) is 6.33 Å². The fraction of sp³-hybridized carbons (Fsp3) is 0.750. The molecule has 1 heterocycles. The lowest BCUT2D eigenvalue weighted by Crippen LogP contribution is -2.39. The molecule has 3 nitrogen and oxygen atoms in total. The summed E-state index contributed by atoms with van der Waals surface area (Å²) in [5.74, 6) is -3.05. The van der Waals surface area contributed by atoms with Crippen LogP contribution >= 0.6 is 11.5 Å². The molecular weight excluding hydrogens is 208 g/mol. The van der Waals surface area contributed by atoms with Crippen LogP contribution in [0, 0.1) is 5.92 Å². The topological polar surface area (TPSA) is 37.8 Å². The molecule has 6 heteroatoms. The van der Waals surface area contributed by atoms with Crippen LogP contribution < -0.4 is 5.32 Å². The summed E-state index contributed by atoms with van der Waals surface area (Å²) in [6, 6.07) is 0. The van der Waals surface area contributed by atoms with Crippen LogP contribution in [-0.2, 0) is 0 Å². The van der Waals surface area contributed by atoms with Crippen molar-refractivity contribution in [2.75, 3.05) is 11.9 Å². The molecule has 1 aliphatic rings. The van der Waals surface area contributed by atoms with Crippen LogP contribution in [0.1, 0.15) is 19.3 Å². The van der Waals surface area contributed by atoms with Gasteiger partial charge in [0.2, 0.25) is 5.13 Å². The van der Waals surface area contributed by atoms with Gasteiger partial charge in [-0.25, -0.2) is 13.8 Å². The van der Waals surface area contributed by atoms with E-state index in [2.05, 4.69) is 14.7 Å². The van der Waals surface area contributed by atoms with Crippen molar-refractivity contribution in [2.45, 2.75) is 25.2 Å². The predicted molar refractivity (Wildman–Crippen MR) is 50.7 cm³/mol. The number of anilines is 1. The first-order valence-electron chi connectivity index (χ1n) is 4.57. The summed E-state index contributed by atoms with van der Waals surface area (Å²) in [5, 5.41) is 3.07. The first kappa shape index (κ1) is 9.76. The monoisotopic (exact) mass is 219 g/mol. The molecule has 0 bridgehead atoms. The zero-order valence-corrected chi connectivity index (χ0v) is 8.36. The van der Waals surface area contributed by atoms with E-state index in [0.29, 0.717) is 18.0 Å². The van der Waals surface area contributed by atoms with Crippen molar-refractivity contribution < 1.29 is 8.78 Å². The quantitative estimate of drug-likeness (QED) is 0.844. The Morgan fingerprint density at radius 2 is 2.36 bits per heavy atom. The minimum atomic E-state index is -2.61. The van der Waals surface area contributed by atoms with Crippen molar-refractivity contribution in [3.63, 3.8) is 0 Å². The van der Waals surface area contributed by atoms with Gasteiger partial charge in [0.1, 0.15) is 6.33 Å². The maximum absolute atomic E-state index is 13.4. The third-order valence-electron chi connectivity index (χ3n) is 2.54. The molecule has 1 saturated carbocycles. The van der Waals surface area contributed by atoms with Gasteiger partial charge in [0.05, 0.1) is 6.54 Å². The van der Waals surface area contributed by atoms with Crippen LogP contribution in [0.3, 0.4) is 0 Å². The molecule has 1 aromatic heterocycles. The van der Waals surface area contributed by atoms with E-state index in [0.717, 1.165) is 18.0 Å². The van der Waals surface area contributed by atoms with E-state index >= 15 is 0 Å². The number of hydrogen-bond acceptors (Lipinski definition) is 4. The maximum Gasteiger partial charge on any atom is 0.267 e. The Balaban J connectivity index is 1.84. The number of aromatic nitrogens is 2. The Morgan fingerprint density at radius 1 is 1.57 bits per heavy atom. The summed E-state index contributed by atoms with van der Waals surface area (Å²) in [5.41, 5.74) is 0. The smallest absolute Gasteiger partial charge is 0.267 e. The van der Waals surface area contributed by atoms with E-state index < -0.39 is 11.8 Å². The van der Waals surface area contributed by atoms with Gasteiger partial charge < -0.3 is 5.32 Å². The Morgan fingerprint density at radius 3 is 2.86 bits per heavy atom. The number of nitrogens with zero attached hydrogens (tertiary/aromatic N) is 2. The van der Waals surface area contributed by atoms with Gasteiger partial charge >= 0.3 is 0 Å². The SMILES string of the molecule is FC(F)(CNc1ncns1)C1CCC1. The highest BCUT2D eigenvalue weighted by Crippen LogP contribution is 2.39. The molecule has 0 radical (unpaired) electrons. The summed E-state index contributed by atoms with van der Waals surface area (Å²) in [6.07, 6.45) is 3.57. The molecule has 78 valence electrons. The average Bonchev–Trinajstić information content (AvgIpc) is 2.48. The van der Waals surface area contributed by atoms with Gasteiger partial charge in [0.25, 0.3) is 5.92 Å². The summed E-state index contributed by atoms with van der Waals surface area (Å²) >= 11 is 1.10. The minimum absolute atomic E-state index is 0.327. The number of rotatable bonds is 4. The van der Waals surface area contributed by atoms with Crippen molar-refractivity contribution in [1.82, 2.24) is 9.36 Å². The number of alkyl halides is 2. The summed E-state index contributed by atoms with van der Waals surface area (Å²) in [4.78, 5) is 3.79. The molecular formula is C8H11F2N3S. The third-order valence-corrected chi connectivity index (χ3v) is 3.16. The fourth-order valence-electron chi connectivity index (χ4n) is 1.42. The molecule has 0 atom stereocenters. The van der Waals surface area contributed by atoms with Crippen LogP contribution in [0.25, 0.3) is 0 Å². The van der Waals surface area contributed by atoms with E-state index in [9.17, 15) is 8.78 Å². The molecule has 0 unspecified atom stereocenters. The highest BCUT2D eigenvalue weighted by Gasteiger charge is 2.42. The molecule has 1 fully saturated rings. The second-order valence-corrected chi connectivity index (χ2v) is 4.27. The lowest BCUT2D eigenvalue weighted by molar-refractivity contribution is -0.0747. The van der Waals surface area contributed by atoms with Crippen LogP contribution in [-0.4, -0.2) is 21.8 Å². The van der Waals surface area contributed by atoms with E-state index in [1.54, 1.807) is 0 Å². The lowest BCUT2D eigenvalue weighted by Gasteiger charge is -2.33. The lowest BCUT2D eigenvalue weighted by atomic mass is 9.80. The largest absolute Gasteiger partial charge is 0.354 e. The first-order valence-corrected chi connectivity index (χ1v) is 5.34. The zero-order chi connectivity index (χ0) is 10.0. The molecule has 1 N–H and O–H groups in total. The number of hydrogen-bond donors (Lipinski definition) is 1. The second kappa shape index (κ2) is 3.76. The molecule has 0 amide bonds. The third kappa shape index (κ3) is 2.00. The zero-order valence-electron chi connectivity index (χ0n) is 7.54. The fourth-order valence-corrected chi connectivity index (χ4v) is 1.84. The van der Waals surface area contributed by atoms with E-state index in [1.807, 2.05) is 0 Å². The van der Waals surface area contributed by atoms with Crippen LogP contribution in [0.15, 0.2) is 6.33 Å². The van der Waals surface area contributed by atoms with Crippen molar-refractivity contribution in [2.24, 2.45) is 5.92 Å². The maximum atomic E-state index is 13.4. The van der Waals surface area contributed by atoms with Gasteiger partial charge in [0.15, 0.2) is 0 Å². The predicted octanol–water partition coefficient (Wildman–Crippen LogP) is 2.39. The summed E-state index contributed by atoms with van der Waals surface area (Å²) < 4.78 is 30.4. The van der Waals surface area contributed by atoms with E-state index in [4.69, 9.17) is 0 Å². The molecule has 2 rings (SSSR count). The second-order valence-electron chi connectivity index (χ2n) is 3.49. The Hall–Kier alpha value is -0.780. The molecule has 0 saturated heterocycles. The Bertz CT molecular complexity index is 285. The van der Waals surface area contributed by atoms with Crippen LogP contribution in [0.5, 0.6) is 0 Å². The number of halogens is 2. The van der Waals surface area contributed by atoms with Gasteiger partial charge in [-0.2, -0.15) is 4.37 Å². The molecule has 0 spiro atoms. The highest BCUT2D eigenvalue weighted by molar-refractivity contribution is 7.09. The Labute approximate surface area is 84.7 Å². The van der Waals surface area contributed by atoms with Gasteiger partial charge in [-0.1, -0.05) is 6.42 Å². The molecule has 14 heavy (non-hydrogen) atoms. The van der Waals surface area contributed by atoms with Gasteiger partial charge in [-0.15, -0.1) is 0 Å². The summed E-state index contributed by atoms with van der Waals surface area (Å²) in [7, 11) is 0. The van der Waals surface area contributed by atoms with Crippen molar-refractivity contribution in [3.05, 3.63) is 6.33 Å². The minimum Gasteiger partial charge on any atom is -0.354 e. The van der Waals surface area contributed by atoms with Crippen molar-refractivity contribution in [3.8, 4) is 0 Å². The standard InChI is InChI=1S/C8H11F2N3S/c9-8(10,6-2-1-3-6)4-11-7-12-5-13-14-7/h5-6H,1-4H2,(H,11,12,13). The van der Waals surface area contributed by atoms with Crippen molar-refractivity contribution in [1.29, 1.82) is 0 Å².